The van der Waals surface area contributed by atoms with Gasteiger partial charge in [-0.3, -0.25) is 14.4 Å². The molecule has 3 heterocycles. The maximum absolute atomic E-state index is 13.7. The lowest BCUT2D eigenvalue weighted by molar-refractivity contribution is 0.101. The Kier molecular flexibility index (Phi) is 19.1. The van der Waals surface area contributed by atoms with Gasteiger partial charge in [0.15, 0.2) is 40.7 Å². The zero-order valence-corrected chi connectivity index (χ0v) is 50.2. The number of sulfonamides is 3. The van der Waals surface area contributed by atoms with E-state index in [-0.39, 0.29) is 55.0 Å². The first kappa shape index (κ1) is 67.1. The fourth-order valence-corrected chi connectivity index (χ4v) is 15.5. The summed E-state index contributed by atoms with van der Waals surface area (Å²) in [6, 6.07) is 13.4. The summed E-state index contributed by atoms with van der Waals surface area (Å²) in [4.78, 5) is 37.8. The van der Waals surface area contributed by atoms with Gasteiger partial charge in [-0.2, -0.15) is 12.9 Å². The number of hydrogen-bond donors (Lipinski definition) is 6. The highest BCUT2D eigenvalue weighted by Gasteiger charge is 2.42. The number of allylic oxidation sites excluding steroid dienone is 3. The van der Waals surface area contributed by atoms with Crippen molar-refractivity contribution in [2.24, 2.45) is 0 Å². The van der Waals surface area contributed by atoms with Crippen LogP contribution in [0.2, 0.25) is 5.02 Å². The number of carbonyl (C=O) groups is 3. The van der Waals surface area contributed by atoms with Gasteiger partial charge in [-0.1, -0.05) is 48.1 Å². The number of β-amino-alcohol motifs (C(OH)–C–C–N with tert-alkyl or cyclic N) is 3. The molecule has 6 aliphatic rings. The van der Waals surface area contributed by atoms with Crippen LogP contribution in [-0.2, 0) is 49.3 Å². The number of halogens is 11. The van der Waals surface area contributed by atoms with E-state index < -0.39 is 163 Å². The van der Waals surface area contributed by atoms with Crippen LogP contribution in [0.4, 0.5) is 61.0 Å². The minimum atomic E-state index is -4.22. The summed E-state index contributed by atoms with van der Waals surface area (Å²) < 4.78 is 215. The SMILES string of the molecule is O=C(Nc1cc(F)c(F)c(Cl)c1)c1cc(S(=O)(=O)N2CC(O)C(F)C2)cc2c1C=CC2.O=C(Nc1cc(F)c(F)c(F)c1)c1cc(S(=O)(=O)N2CC(O)C(F)C2)cc2c1C=CC2.O=C(Nc1ccc(F)c(F)c1)c1cc(S(=O)(=O)N2CC(O)C(F)C2)cc2c1C=CC2. The summed E-state index contributed by atoms with van der Waals surface area (Å²) in [5.74, 6) is -11.7. The third-order valence-corrected chi connectivity index (χ3v) is 21.2. The number of benzene rings is 6. The molecule has 6 atom stereocenters. The summed E-state index contributed by atoms with van der Waals surface area (Å²) in [5.41, 5.74) is 2.54. The van der Waals surface area contributed by atoms with Crippen molar-refractivity contribution in [3.63, 3.8) is 0 Å². The van der Waals surface area contributed by atoms with Gasteiger partial charge in [-0.25, -0.2) is 69.2 Å². The number of amides is 3. The summed E-state index contributed by atoms with van der Waals surface area (Å²) >= 11 is 5.61. The van der Waals surface area contributed by atoms with Crippen LogP contribution in [0.5, 0.6) is 0 Å². The second kappa shape index (κ2) is 26.3. The second-order valence-electron chi connectivity index (χ2n) is 21.7. The van der Waals surface area contributed by atoms with E-state index in [4.69, 9.17) is 11.6 Å². The molecule has 0 saturated carbocycles. The normalized spacial score (nSPS) is 20.9. The number of carbonyl (C=O) groups excluding carboxylic acids is 3. The summed E-state index contributed by atoms with van der Waals surface area (Å²) in [6.45, 7) is -2.69. The fourth-order valence-electron chi connectivity index (χ4n) is 10.7. The quantitative estimate of drug-likeness (QED) is 0.0500. The first-order valence-electron chi connectivity index (χ1n) is 27.5. The Bertz CT molecular complexity index is 4230. The van der Waals surface area contributed by atoms with Gasteiger partial charge in [0.2, 0.25) is 30.1 Å². The number of rotatable bonds is 12. The monoisotopic (exact) mass is 1370 g/mol. The molecule has 6 N–H and O–H groups in total. The number of nitrogens with zero attached hydrogens (tertiary/aromatic N) is 3. The number of hydrogen-bond acceptors (Lipinski definition) is 12. The van der Waals surface area contributed by atoms with Crippen LogP contribution in [0, 0.1) is 40.7 Å². The molecule has 32 heteroatoms. The molecular weight excluding hydrogens is 1320 g/mol. The van der Waals surface area contributed by atoms with Crippen LogP contribution in [0.15, 0.2) is 112 Å². The number of nitrogens with one attached hydrogen (secondary N) is 3. The average Bonchev–Trinajstić information content (AvgIpc) is 1.86. The van der Waals surface area contributed by atoms with Crippen molar-refractivity contribution >= 4 is 94.7 Å². The maximum atomic E-state index is 13.7. The zero-order chi connectivity index (χ0) is 66.6. The van der Waals surface area contributed by atoms with E-state index in [0.29, 0.717) is 64.8 Å². The first-order chi connectivity index (χ1) is 43.3. The Morgan fingerprint density at radius 1 is 0.413 bits per heavy atom. The lowest BCUT2D eigenvalue weighted by Crippen LogP contribution is -2.30. The number of fused-ring (bicyclic) bond motifs is 3. The van der Waals surface area contributed by atoms with Gasteiger partial charge >= 0.3 is 0 Å². The molecule has 6 aromatic carbocycles. The summed E-state index contributed by atoms with van der Waals surface area (Å²) in [5, 5.41) is 35.2. The zero-order valence-electron chi connectivity index (χ0n) is 47.0. The molecule has 3 aliphatic carbocycles. The minimum absolute atomic E-state index is 0.00539. The Labute approximate surface area is 522 Å². The Morgan fingerprint density at radius 2 is 0.728 bits per heavy atom. The van der Waals surface area contributed by atoms with Gasteiger partial charge < -0.3 is 31.3 Å². The number of aliphatic hydroxyl groups excluding tert-OH is 3. The second-order valence-corrected chi connectivity index (χ2v) is 27.9. The van der Waals surface area contributed by atoms with E-state index >= 15 is 0 Å². The highest BCUT2D eigenvalue weighted by molar-refractivity contribution is 7.89. The van der Waals surface area contributed by atoms with Crippen molar-refractivity contribution in [1.29, 1.82) is 0 Å². The molecule has 3 saturated heterocycles. The third-order valence-electron chi connectivity index (χ3n) is 15.5. The minimum Gasteiger partial charge on any atom is -0.389 e. The molecule has 6 aromatic rings. The lowest BCUT2D eigenvalue weighted by atomic mass is 10.0. The number of aliphatic hydroxyl groups is 3. The lowest BCUT2D eigenvalue weighted by Gasteiger charge is -2.18. The third kappa shape index (κ3) is 13.6. The van der Waals surface area contributed by atoms with Gasteiger partial charge in [0, 0.05) is 97.3 Å². The number of anilines is 3. The van der Waals surface area contributed by atoms with Crippen LogP contribution in [0.25, 0.3) is 18.2 Å². The highest BCUT2D eigenvalue weighted by Crippen LogP contribution is 2.36. The molecule has 12 rings (SSSR count). The molecule has 3 amide bonds. The van der Waals surface area contributed by atoms with Gasteiger partial charge in [-0.15, -0.1) is 0 Å². The molecule has 3 fully saturated rings. The van der Waals surface area contributed by atoms with Crippen molar-refractivity contribution in [3.05, 3.63) is 193 Å². The molecule has 0 aromatic heterocycles. The van der Waals surface area contributed by atoms with Crippen LogP contribution in [0.3, 0.4) is 0 Å². The van der Waals surface area contributed by atoms with E-state index in [1.807, 2.05) is 0 Å². The predicted octanol–water partition coefficient (Wildman–Crippen LogP) is 8.26. The predicted molar refractivity (Wildman–Crippen MR) is 314 cm³/mol. The molecule has 0 radical (unpaired) electrons. The van der Waals surface area contributed by atoms with Crippen LogP contribution < -0.4 is 16.0 Å². The molecule has 0 spiro atoms. The van der Waals surface area contributed by atoms with Crippen molar-refractivity contribution < 1.29 is 98.9 Å². The topological polar surface area (TPSA) is 260 Å². The van der Waals surface area contributed by atoms with Gasteiger partial charge in [0.05, 0.1) is 19.7 Å². The molecule has 92 heavy (non-hydrogen) atoms. The summed E-state index contributed by atoms with van der Waals surface area (Å²) in [7, 11) is -12.5. The smallest absolute Gasteiger partial charge is 0.256 e. The average molecular weight is 1370 g/mol. The van der Waals surface area contributed by atoms with Crippen LogP contribution >= 0.6 is 11.6 Å². The molecule has 6 unspecified atom stereocenters. The molecule has 0 bridgehead atoms. The van der Waals surface area contributed by atoms with E-state index in [0.717, 1.165) is 55.4 Å². The fraction of sp³-hybridized carbons (Fsp3) is 0.250. The van der Waals surface area contributed by atoms with Crippen LogP contribution in [-0.4, -0.2) is 147 Å². The van der Waals surface area contributed by atoms with E-state index in [1.54, 1.807) is 36.5 Å². The first-order valence-corrected chi connectivity index (χ1v) is 32.2. The van der Waals surface area contributed by atoms with E-state index in [2.05, 4.69) is 16.0 Å². The van der Waals surface area contributed by atoms with Gasteiger partial charge in [0.1, 0.15) is 36.8 Å². The maximum Gasteiger partial charge on any atom is 0.256 e. The Morgan fingerprint density at radius 3 is 1.04 bits per heavy atom. The van der Waals surface area contributed by atoms with Crippen molar-refractivity contribution in [3.8, 4) is 0 Å². The van der Waals surface area contributed by atoms with Crippen molar-refractivity contribution in [1.82, 2.24) is 12.9 Å². The molecule has 18 nitrogen and oxygen atoms in total. The van der Waals surface area contributed by atoms with Crippen molar-refractivity contribution in [2.75, 3.05) is 55.2 Å². The largest absolute Gasteiger partial charge is 0.389 e. The molecule has 486 valence electrons. The van der Waals surface area contributed by atoms with E-state index in [1.165, 1.54) is 24.3 Å². The Balaban J connectivity index is 0.000000151. The molecule has 3 aliphatic heterocycles. The standard InChI is InChI=1S/C20H16ClF3N2O4S.C20H16F4N2O4S.C20H17F3N2O4S/c2*21-15-5-11(6-16(22)19(15)24)25-20(28)14-7-12(4-10-2-1-3-13(10)14)31(29,30)26-8-17(23)18(27)9-26;21-16-5-4-12(7-17(16)22)24-20(27)15-8-13(6-11-2-1-3-14(11)15)30(28,29)25-9-18(23)19(26)10-25/h2*1,3-7,17-18,27H,2,8-9H2,(H,25,28);1,3-8,18-19,26H,2,9-10H2,(H,24,27). The van der Waals surface area contributed by atoms with Gasteiger partial charge in [0.25, 0.3) is 17.7 Å². The van der Waals surface area contributed by atoms with Crippen LogP contribution in [0.1, 0.15) is 64.5 Å². The highest BCUT2D eigenvalue weighted by atomic mass is 35.5. The summed E-state index contributed by atoms with van der Waals surface area (Å²) in [6.07, 6.45) is 1.84. The Hall–Kier alpha value is -7.85. The number of alkyl halides is 3. The van der Waals surface area contributed by atoms with E-state index in [9.17, 15) is 98.9 Å². The molecular formula is C60H49ClF10N6O12S3. The van der Waals surface area contributed by atoms with Crippen molar-refractivity contribution in [2.45, 2.75) is 70.8 Å². The van der Waals surface area contributed by atoms with Gasteiger partial charge in [-0.05, 0) is 107 Å².